The molecular formula is C15H18N4O. The van der Waals surface area contributed by atoms with Gasteiger partial charge in [-0.25, -0.2) is 9.97 Å². The van der Waals surface area contributed by atoms with Crippen molar-refractivity contribution in [3.8, 4) is 0 Å². The van der Waals surface area contributed by atoms with Gasteiger partial charge in [0.15, 0.2) is 17.2 Å². The van der Waals surface area contributed by atoms with Gasteiger partial charge < -0.3 is 9.32 Å². The molecule has 104 valence electrons. The molecule has 1 aliphatic heterocycles. The summed E-state index contributed by atoms with van der Waals surface area (Å²) in [6, 6.07) is 0.617. The van der Waals surface area contributed by atoms with E-state index in [1.165, 1.54) is 6.33 Å². The average molecular weight is 270 g/mol. The van der Waals surface area contributed by atoms with Crippen molar-refractivity contribution in [3.05, 3.63) is 37.0 Å². The molecule has 5 nitrogen and oxygen atoms in total. The van der Waals surface area contributed by atoms with Crippen molar-refractivity contribution in [2.75, 3.05) is 4.90 Å². The maximum absolute atomic E-state index is 5.50. The second-order valence-electron chi connectivity index (χ2n) is 5.07. The summed E-state index contributed by atoms with van der Waals surface area (Å²) in [5, 5.41) is 0. The molecule has 0 aliphatic carbocycles. The summed E-state index contributed by atoms with van der Waals surface area (Å²) in [6.07, 6.45) is 9.81. The van der Waals surface area contributed by atoms with Crippen LogP contribution in [0, 0.1) is 6.92 Å². The summed E-state index contributed by atoms with van der Waals surface area (Å²) in [4.78, 5) is 15.3. The molecule has 2 aromatic heterocycles. The lowest BCUT2D eigenvalue weighted by molar-refractivity contribution is 0.544. The van der Waals surface area contributed by atoms with Crippen LogP contribution < -0.4 is 4.90 Å². The predicted molar refractivity (Wildman–Crippen MR) is 78.6 cm³/mol. The fourth-order valence-electron chi connectivity index (χ4n) is 2.77. The monoisotopic (exact) mass is 270 g/mol. The van der Waals surface area contributed by atoms with Gasteiger partial charge in [0, 0.05) is 19.0 Å². The molecule has 0 amide bonds. The van der Waals surface area contributed by atoms with Gasteiger partial charge in [-0.15, -0.1) is 6.58 Å². The van der Waals surface area contributed by atoms with Crippen molar-refractivity contribution in [3.63, 3.8) is 0 Å². The second kappa shape index (κ2) is 5.07. The first-order chi connectivity index (χ1) is 9.70. The normalized spacial score (nSPS) is 22.4. The molecule has 2 aromatic rings. The van der Waals surface area contributed by atoms with E-state index < -0.39 is 0 Å². The maximum atomic E-state index is 5.50. The standard InChI is InChI=1S/C15H18N4O/c1-4-6-12-8-5-7-10(2)19(12)14-13-15(17-9-16-14)20-11(3)18-13/h4-5,7,9-10,12H,1,6,8H2,2-3H3/t10-,12-/m1/s1. The highest BCUT2D eigenvalue weighted by molar-refractivity contribution is 5.82. The number of oxazole rings is 1. The Morgan fingerprint density at radius 1 is 1.50 bits per heavy atom. The quantitative estimate of drug-likeness (QED) is 0.802. The van der Waals surface area contributed by atoms with Crippen LogP contribution in [-0.4, -0.2) is 27.0 Å². The molecule has 0 spiro atoms. The molecule has 1 aliphatic rings. The number of aromatic nitrogens is 3. The van der Waals surface area contributed by atoms with Crippen molar-refractivity contribution in [2.45, 2.75) is 38.8 Å². The summed E-state index contributed by atoms with van der Waals surface area (Å²) in [5.41, 5.74) is 1.29. The van der Waals surface area contributed by atoms with E-state index in [-0.39, 0.29) is 6.04 Å². The number of hydrogen-bond donors (Lipinski definition) is 0. The van der Waals surface area contributed by atoms with Crippen molar-refractivity contribution in [1.82, 2.24) is 15.0 Å². The zero-order chi connectivity index (χ0) is 14.1. The Kier molecular flexibility index (Phi) is 3.26. The molecule has 0 unspecified atom stereocenters. The summed E-state index contributed by atoms with van der Waals surface area (Å²) in [5.74, 6) is 1.46. The molecule has 3 heterocycles. The number of aryl methyl sites for hydroxylation is 1. The first-order valence-electron chi connectivity index (χ1n) is 6.84. The molecule has 2 atom stereocenters. The Morgan fingerprint density at radius 2 is 2.35 bits per heavy atom. The Bertz CT molecular complexity index is 661. The smallest absolute Gasteiger partial charge is 0.252 e. The number of nitrogens with zero attached hydrogens (tertiary/aromatic N) is 4. The third-order valence-corrected chi connectivity index (χ3v) is 3.62. The number of hydrogen-bond acceptors (Lipinski definition) is 5. The van der Waals surface area contributed by atoms with E-state index in [0.717, 1.165) is 24.2 Å². The van der Waals surface area contributed by atoms with Crippen LogP contribution >= 0.6 is 0 Å². The van der Waals surface area contributed by atoms with E-state index in [2.05, 4.69) is 45.5 Å². The fraction of sp³-hybridized carbons (Fsp3) is 0.400. The number of rotatable bonds is 3. The summed E-state index contributed by atoms with van der Waals surface area (Å²) in [7, 11) is 0. The van der Waals surface area contributed by atoms with Crippen molar-refractivity contribution in [1.29, 1.82) is 0 Å². The minimum Gasteiger partial charge on any atom is -0.422 e. The third kappa shape index (κ3) is 2.09. The van der Waals surface area contributed by atoms with Crippen LogP contribution in [0.2, 0.25) is 0 Å². The van der Waals surface area contributed by atoms with Crippen LogP contribution in [0.15, 0.2) is 35.6 Å². The zero-order valence-electron chi connectivity index (χ0n) is 11.8. The third-order valence-electron chi connectivity index (χ3n) is 3.62. The molecular weight excluding hydrogens is 252 g/mol. The molecule has 0 radical (unpaired) electrons. The summed E-state index contributed by atoms with van der Waals surface area (Å²) >= 11 is 0. The van der Waals surface area contributed by atoms with Gasteiger partial charge in [-0.1, -0.05) is 18.2 Å². The SMILES string of the molecule is C=CC[C@@H]1CC=C[C@@H](C)N1c1ncnc2oc(C)nc12. The summed E-state index contributed by atoms with van der Waals surface area (Å²) < 4.78 is 5.50. The van der Waals surface area contributed by atoms with Crippen molar-refractivity contribution >= 4 is 17.0 Å². The number of anilines is 1. The molecule has 5 heteroatoms. The topological polar surface area (TPSA) is 55.1 Å². The molecule has 0 aromatic carbocycles. The molecule has 0 N–H and O–H groups in total. The van der Waals surface area contributed by atoms with E-state index in [0.29, 0.717) is 17.6 Å². The van der Waals surface area contributed by atoms with Gasteiger partial charge in [-0.05, 0) is 19.8 Å². The van der Waals surface area contributed by atoms with Crippen LogP contribution in [0.4, 0.5) is 5.82 Å². The Morgan fingerprint density at radius 3 is 3.15 bits per heavy atom. The molecule has 0 saturated heterocycles. The average Bonchev–Trinajstić information content (AvgIpc) is 2.80. The van der Waals surface area contributed by atoms with Crippen LogP contribution in [0.5, 0.6) is 0 Å². The second-order valence-corrected chi connectivity index (χ2v) is 5.07. The van der Waals surface area contributed by atoms with Gasteiger partial charge in [0.1, 0.15) is 6.33 Å². The van der Waals surface area contributed by atoms with Crippen LogP contribution in [0.25, 0.3) is 11.2 Å². The van der Waals surface area contributed by atoms with E-state index in [4.69, 9.17) is 4.42 Å². The lowest BCUT2D eigenvalue weighted by Crippen LogP contribution is -2.43. The minimum absolute atomic E-state index is 0.267. The lowest BCUT2D eigenvalue weighted by Gasteiger charge is -2.38. The lowest BCUT2D eigenvalue weighted by atomic mass is 10.0. The van der Waals surface area contributed by atoms with Crippen LogP contribution in [-0.2, 0) is 0 Å². The first-order valence-corrected chi connectivity index (χ1v) is 6.84. The van der Waals surface area contributed by atoms with Gasteiger partial charge in [0.05, 0.1) is 0 Å². The van der Waals surface area contributed by atoms with E-state index in [1.54, 1.807) is 0 Å². The van der Waals surface area contributed by atoms with Crippen molar-refractivity contribution in [2.24, 2.45) is 0 Å². The Balaban J connectivity index is 2.11. The Hall–Kier alpha value is -2.17. The van der Waals surface area contributed by atoms with Gasteiger partial charge in [0.25, 0.3) is 5.71 Å². The minimum atomic E-state index is 0.267. The highest BCUT2D eigenvalue weighted by atomic mass is 16.4. The maximum Gasteiger partial charge on any atom is 0.252 e. The molecule has 0 saturated carbocycles. The van der Waals surface area contributed by atoms with Gasteiger partial charge in [-0.3, -0.25) is 0 Å². The number of fused-ring (bicyclic) bond motifs is 1. The first kappa shape index (κ1) is 12.8. The Labute approximate surface area is 118 Å². The predicted octanol–water partition coefficient (Wildman–Crippen LogP) is 3.03. The van der Waals surface area contributed by atoms with Crippen LogP contribution in [0.3, 0.4) is 0 Å². The molecule has 0 bridgehead atoms. The van der Waals surface area contributed by atoms with Crippen molar-refractivity contribution < 1.29 is 4.42 Å². The zero-order valence-corrected chi connectivity index (χ0v) is 11.8. The van der Waals surface area contributed by atoms with E-state index >= 15 is 0 Å². The van der Waals surface area contributed by atoms with Gasteiger partial charge in [-0.2, -0.15) is 4.98 Å². The molecule has 0 fully saturated rings. The summed E-state index contributed by atoms with van der Waals surface area (Å²) in [6.45, 7) is 7.84. The molecule has 20 heavy (non-hydrogen) atoms. The largest absolute Gasteiger partial charge is 0.422 e. The fourth-order valence-corrected chi connectivity index (χ4v) is 2.77. The van der Waals surface area contributed by atoms with Gasteiger partial charge in [0.2, 0.25) is 0 Å². The molecule has 3 rings (SSSR count). The van der Waals surface area contributed by atoms with E-state index in [1.807, 2.05) is 13.0 Å². The van der Waals surface area contributed by atoms with Gasteiger partial charge >= 0.3 is 0 Å². The highest BCUT2D eigenvalue weighted by Gasteiger charge is 2.28. The van der Waals surface area contributed by atoms with Crippen LogP contribution in [0.1, 0.15) is 25.7 Å². The highest BCUT2D eigenvalue weighted by Crippen LogP contribution is 2.30. The van der Waals surface area contributed by atoms with E-state index in [9.17, 15) is 0 Å².